The van der Waals surface area contributed by atoms with E-state index < -0.39 is 0 Å². The van der Waals surface area contributed by atoms with Gasteiger partial charge in [-0.2, -0.15) is 0 Å². The normalized spacial score (nSPS) is 30.1. The Labute approximate surface area is 122 Å². The van der Waals surface area contributed by atoms with Crippen molar-refractivity contribution in [2.24, 2.45) is 11.8 Å². The molecular weight excluding hydrogens is 242 g/mol. The van der Waals surface area contributed by atoms with Gasteiger partial charge in [0.05, 0.1) is 0 Å². The monoisotopic (exact) mass is 267 g/mol. The highest BCUT2D eigenvalue weighted by Gasteiger charge is 2.31. The van der Waals surface area contributed by atoms with E-state index in [2.05, 4.69) is 50.9 Å². The van der Waals surface area contributed by atoms with Crippen LogP contribution in [0.15, 0.2) is 58.5 Å². The maximum Gasteiger partial charge on any atom is 0.0187 e. The van der Waals surface area contributed by atoms with Gasteiger partial charge in [-0.05, 0) is 62.2 Å². The van der Waals surface area contributed by atoms with Crippen LogP contribution in [-0.2, 0) is 0 Å². The molecule has 1 nitrogen and oxygen atoms in total. The molecule has 0 aromatic carbocycles. The minimum Gasteiger partial charge on any atom is -0.362 e. The first kappa shape index (κ1) is 13.5. The lowest BCUT2D eigenvalue weighted by molar-refractivity contribution is 0.532. The molecule has 0 fully saturated rings. The lowest BCUT2D eigenvalue weighted by Gasteiger charge is -2.36. The van der Waals surface area contributed by atoms with Crippen LogP contribution in [0.1, 0.15) is 46.5 Å². The molecule has 1 aliphatic heterocycles. The Morgan fingerprint density at radius 2 is 1.95 bits per heavy atom. The maximum atomic E-state index is 4.46. The molecule has 1 heterocycles. The third-order valence-electron chi connectivity index (χ3n) is 5.17. The van der Waals surface area contributed by atoms with Crippen LogP contribution < -0.4 is 5.32 Å². The van der Waals surface area contributed by atoms with Crippen LogP contribution >= 0.6 is 0 Å². The lowest BCUT2D eigenvalue weighted by atomic mass is 9.73. The van der Waals surface area contributed by atoms with Crippen LogP contribution in [0.4, 0.5) is 0 Å². The zero-order valence-corrected chi connectivity index (χ0v) is 12.9. The highest BCUT2D eigenvalue weighted by molar-refractivity contribution is 5.56. The summed E-state index contributed by atoms with van der Waals surface area (Å²) in [5.74, 6) is 1.03. The SMILES string of the molecule is C=C1C2=C(CCCC2)NC(C)=C1C1C=CC=C(C)[C@@H]1C. The van der Waals surface area contributed by atoms with Crippen LogP contribution in [0.2, 0.25) is 0 Å². The van der Waals surface area contributed by atoms with Crippen LogP contribution in [0.3, 0.4) is 0 Å². The molecule has 2 atom stereocenters. The largest absolute Gasteiger partial charge is 0.362 e. The van der Waals surface area contributed by atoms with E-state index in [4.69, 9.17) is 0 Å². The lowest BCUT2D eigenvalue weighted by Crippen LogP contribution is -2.28. The van der Waals surface area contributed by atoms with Gasteiger partial charge in [-0.1, -0.05) is 37.3 Å². The van der Waals surface area contributed by atoms with Crippen molar-refractivity contribution in [3.8, 4) is 0 Å². The first-order chi connectivity index (χ1) is 9.59. The predicted octanol–water partition coefficient (Wildman–Crippen LogP) is 5.02. The van der Waals surface area contributed by atoms with Gasteiger partial charge in [-0.15, -0.1) is 0 Å². The van der Waals surface area contributed by atoms with Gasteiger partial charge >= 0.3 is 0 Å². The Hall–Kier alpha value is -1.50. The second-order valence-electron chi connectivity index (χ2n) is 6.42. The first-order valence-corrected chi connectivity index (χ1v) is 7.84. The molecule has 2 aliphatic carbocycles. The average Bonchev–Trinajstić information content (AvgIpc) is 2.43. The fourth-order valence-electron chi connectivity index (χ4n) is 3.78. The van der Waals surface area contributed by atoms with Crippen molar-refractivity contribution in [3.63, 3.8) is 0 Å². The molecule has 0 bridgehead atoms. The van der Waals surface area contributed by atoms with E-state index in [0.29, 0.717) is 11.8 Å². The number of nitrogens with one attached hydrogen (secondary N) is 1. The highest BCUT2D eigenvalue weighted by Crippen LogP contribution is 2.43. The summed E-state index contributed by atoms with van der Waals surface area (Å²) in [6, 6.07) is 0. The van der Waals surface area contributed by atoms with Crippen LogP contribution in [0.5, 0.6) is 0 Å². The highest BCUT2D eigenvalue weighted by atomic mass is 14.9. The topological polar surface area (TPSA) is 12.0 Å². The number of hydrogen-bond donors (Lipinski definition) is 1. The van der Waals surface area contributed by atoms with E-state index in [9.17, 15) is 0 Å². The maximum absolute atomic E-state index is 4.46. The standard InChI is InChI=1S/C19H25N/c1-12-8-7-10-17(13(12)2)19-14(3)16-9-5-6-11-18(16)20-15(19)4/h7-8,10,13,17,20H,3,5-6,9,11H2,1-2,4H3/t13-,17?/m0/s1. The number of dihydropyridines is 1. The molecule has 0 radical (unpaired) electrons. The van der Waals surface area contributed by atoms with Gasteiger partial charge in [0.15, 0.2) is 0 Å². The van der Waals surface area contributed by atoms with Crippen LogP contribution in [0.25, 0.3) is 0 Å². The van der Waals surface area contributed by atoms with Gasteiger partial charge in [0.2, 0.25) is 0 Å². The molecule has 3 rings (SSSR count). The quantitative estimate of drug-likeness (QED) is 0.703. The Morgan fingerprint density at radius 3 is 2.75 bits per heavy atom. The molecule has 0 aromatic rings. The molecule has 0 spiro atoms. The summed E-state index contributed by atoms with van der Waals surface area (Å²) < 4.78 is 0. The molecule has 0 saturated heterocycles. The summed E-state index contributed by atoms with van der Waals surface area (Å²) >= 11 is 0. The smallest absolute Gasteiger partial charge is 0.0187 e. The summed E-state index contributed by atoms with van der Waals surface area (Å²) in [5.41, 5.74) is 8.43. The van der Waals surface area contributed by atoms with E-state index >= 15 is 0 Å². The van der Waals surface area contributed by atoms with Crippen molar-refractivity contribution >= 4 is 0 Å². The molecule has 20 heavy (non-hydrogen) atoms. The summed E-state index contributed by atoms with van der Waals surface area (Å²) in [5, 5.41) is 3.68. The molecular formula is C19H25N. The fraction of sp³-hybridized carbons (Fsp3) is 0.474. The molecule has 0 saturated carbocycles. The average molecular weight is 267 g/mol. The molecule has 3 aliphatic rings. The summed E-state index contributed by atoms with van der Waals surface area (Å²) in [6.45, 7) is 11.2. The Morgan fingerprint density at radius 1 is 1.20 bits per heavy atom. The molecule has 1 heteroatoms. The van der Waals surface area contributed by atoms with Crippen molar-refractivity contribution in [1.82, 2.24) is 5.32 Å². The van der Waals surface area contributed by atoms with Crippen molar-refractivity contribution in [3.05, 3.63) is 58.5 Å². The molecule has 106 valence electrons. The molecule has 0 aromatic heterocycles. The van der Waals surface area contributed by atoms with Gasteiger partial charge in [-0.25, -0.2) is 0 Å². The Kier molecular flexibility index (Phi) is 3.45. The molecule has 1 unspecified atom stereocenters. The van der Waals surface area contributed by atoms with E-state index in [-0.39, 0.29) is 0 Å². The zero-order valence-electron chi connectivity index (χ0n) is 12.9. The van der Waals surface area contributed by atoms with Gasteiger partial charge in [-0.3, -0.25) is 0 Å². The van der Waals surface area contributed by atoms with E-state index in [0.717, 1.165) is 0 Å². The number of allylic oxidation sites excluding steroid dienone is 9. The van der Waals surface area contributed by atoms with E-state index in [1.165, 1.54) is 59.4 Å². The van der Waals surface area contributed by atoms with Gasteiger partial charge in [0.1, 0.15) is 0 Å². The third kappa shape index (κ3) is 2.09. The van der Waals surface area contributed by atoms with Crippen molar-refractivity contribution in [2.75, 3.05) is 0 Å². The number of rotatable bonds is 1. The van der Waals surface area contributed by atoms with Gasteiger partial charge in [0.25, 0.3) is 0 Å². The minimum atomic E-state index is 0.468. The van der Waals surface area contributed by atoms with E-state index in [1.54, 1.807) is 0 Å². The van der Waals surface area contributed by atoms with E-state index in [1.807, 2.05) is 0 Å². The fourth-order valence-corrected chi connectivity index (χ4v) is 3.78. The van der Waals surface area contributed by atoms with Crippen LogP contribution in [-0.4, -0.2) is 0 Å². The summed E-state index contributed by atoms with van der Waals surface area (Å²) in [4.78, 5) is 0. The Bertz CT molecular complexity index is 569. The van der Waals surface area contributed by atoms with Gasteiger partial charge < -0.3 is 5.32 Å². The second kappa shape index (κ2) is 5.12. The van der Waals surface area contributed by atoms with Crippen molar-refractivity contribution in [2.45, 2.75) is 46.5 Å². The molecule has 1 N–H and O–H groups in total. The summed E-state index contributed by atoms with van der Waals surface area (Å²) in [6.07, 6.45) is 11.8. The number of hydrogen-bond acceptors (Lipinski definition) is 1. The van der Waals surface area contributed by atoms with Crippen LogP contribution in [0, 0.1) is 11.8 Å². The predicted molar refractivity (Wildman–Crippen MR) is 86.0 cm³/mol. The van der Waals surface area contributed by atoms with Crippen molar-refractivity contribution in [1.29, 1.82) is 0 Å². The summed E-state index contributed by atoms with van der Waals surface area (Å²) in [7, 11) is 0. The first-order valence-electron chi connectivity index (χ1n) is 7.84. The Balaban J connectivity index is 1.96. The molecule has 0 amide bonds. The van der Waals surface area contributed by atoms with Crippen molar-refractivity contribution < 1.29 is 0 Å². The minimum absolute atomic E-state index is 0.468. The zero-order chi connectivity index (χ0) is 14.3. The third-order valence-corrected chi connectivity index (χ3v) is 5.17. The second-order valence-corrected chi connectivity index (χ2v) is 6.42. The van der Waals surface area contributed by atoms with Gasteiger partial charge in [0, 0.05) is 17.3 Å².